The highest BCUT2D eigenvalue weighted by atomic mass is 32.2. The van der Waals surface area contributed by atoms with Gasteiger partial charge in [0.15, 0.2) is 0 Å². The maximum atomic E-state index is 13.7. The van der Waals surface area contributed by atoms with Crippen LogP contribution in [0.5, 0.6) is 5.88 Å². The number of nitrogens with one attached hydrogen (secondary N) is 2. The minimum absolute atomic E-state index is 0.0638. The van der Waals surface area contributed by atoms with Crippen LogP contribution in [0.25, 0.3) is 11.3 Å². The quantitative estimate of drug-likeness (QED) is 0.423. The van der Waals surface area contributed by atoms with Crippen molar-refractivity contribution >= 4 is 27.6 Å². The van der Waals surface area contributed by atoms with Gasteiger partial charge in [0.2, 0.25) is 21.8 Å². The summed E-state index contributed by atoms with van der Waals surface area (Å²) < 4.78 is 38.3. The minimum atomic E-state index is -3.50. The Balaban J connectivity index is 1.23. The van der Waals surface area contributed by atoms with Gasteiger partial charge in [-0.15, -0.1) is 0 Å². The lowest BCUT2D eigenvalue weighted by atomic mass is 9.94. The minimum Gasteiger partial charge on any atom is -0.477 e. The number of aromatic nitrogens is 5. The third-order valence-corrected chi connectivity index (χ3v) is 8.87. The molecule has 192 valence electrons. The van der Waals surface area contributed by atoms with Gasteiger partial charge < -0.3 is 14.8 Å². The summed E-state index contributed by atoms with van der Waals surface area (Å²) >= 11 is 0. The Labute approximate surface area is 213 Å². The number of hydrogen-bond donors (Lipinski definition) is 2. The molecule has 3 aromatic rings. The van der Waals surface area contributed by atoms with Crippen LogP contribution in [0.1, 0.15) is 25.5 Å². The molecular weight excluding hydrogens is 498 g/mol. The summed E-state index contributed by atoms with van der Waals surface area (Å²) in [6.07, 6.45) is 7.32. The highest BCUT2D eigenvalue weighted by molar-refractivity contribution is 7.93. The fraction of sp³-hybridized carbons (Fsp3) is 0.417. The SMILES string of the molecule is CCOc1cncc(-c2ccc(NC(=O)C3(c4cc(NS(=O)(=O)C5CC5)ncn4)[C@@H]4COC[C@@H]43)nc2)n1. The first-order valence-electron chi connectivity index (χ1n) is 12.1. The number of carbonyl (C=O) groups is 1. The summed E-state index contributed by atoms with van der Waals surface area (Å²) in [5.74, 6) is 0.561. The standard InChI is InChI=1S/C24H25N7O5S/c1-2-36-22-10-25-9-18(29-22)14-3-6-20(26-8-14)30-23(32)24(16-11-35-12-17(16)24)19-7-21(28-13-27-19)31-37(33,34)15-4-5-15/h3,6-10,13,15-17H,2,4-5,11-12H2,1H3,(H,26,30,32)(H,27,28,31)/t16-,17+,24?. The fourth-order valence-electron chi connectivity index (χ4n) is 4.98. The number of rotatable bonds is 9. The van der Waals surface area contributed by atoms with Crippen LogP contribution in [0.4, 0.5) is 11.6 Å². The molecule has 0 spiro atoms. The van der Waals surface area contributed by atoms with Crippen molar-refractivity contribution in [3.05, 3.63) is 48.8 Å². The van der Waals surface area contributed by atoms with E-state index in [2.05, 4.69) is 35.0 Å². The van der Waals surface area contributed by atoms with E-state index in [1.54, 1.807) is 36.8 Å². The van der Waals surface area contributed by atoms with Gasteiger partial charge in [-0.3, -0.25) is 14.5 Å². The Bertz CT molecular complexity index is 1440. The summed E-state index contributed by atoms with van der Waals surface area (Å²) in [6.45, 7) is 3.20. The van der Waals surface area contributed by atoms with Crippen molar-refractivity contribution < 1.29 is 22.7 Å². The zero-order valence-corrected chi connectivity index (χ0v) is 20.8. The van der Waals surface area contributed by atoms with Gasteiger partial charge in [0, 0.05) is 29.7 Å². The molecule has 12 nitrogen and oxygen atoms in total. The van der Waals surface area contributed by atoms with E-state index in [9.17, 15) is 13.2 Å². The van der Waals surface area contributed by atoms with E-state index in [0.717, 1.165) is 5.56 Å². The predicted octanol–water partition coefficient (Wildman–Crippen LogP) is 1.78. The summed E-state index contributed by atoms with van der Waals surface area (Å²) in [6, 6.07) is 5.04. The van der Waals surface area contributed by atoms with E-state index in [4.69, 9.17) is 9.47 Å². The van der Waals surface area contributed by atoms with Gasteiger partial charge in [-0.2, -0.15) is 0 Å². The van der Waals surface area contributed by atoms with Crippen LogP contribution in [0, 0.1) is 11.8 Å². The molecule has 2 N–H and O–H groups in total. The molecule has 1 saturated heterocycles. The molecule has 13 heteroatoms. The molecule has 3 aliphatic rings. The van der Waals surface area contributed by atoms with Crippen LogP contribution < -0.4 is 14.8 Å². The van der Waals surface area contributed by atoms with Crippen molar-refractivity contribution in [2.45, 2.75) is 30.4 Å². The molecule has 3 fully saturated rings. The number of amides is 1. The van der Waals surface area contributed by atoms with Crippen molar-refractivity contribution in [3.63, 3.8) is 0 Å². The highest BCUT2D eigenvalue weighted by Gasteiger charge is 2.73. The molecule has 0 aromatic carbocycles. The lowest BCUT2D eigenvalue weighted by Gasteiger charge is -2.20. The topological polar surface area (TPSA) is 158 Å². The number of pyridine rings is 1. The van der Waals surface area contributed by atoms with Crippen molar-refractivity contribution in [2.75, 3.05) is 29.9 Å². The van der Waals surface area contributed by atoms with Crippen molar-refractivity contribution in [1.82, 2.24) is 24.9 Å². The Morgan fingerprint density at radius 2 is 1.92 bits per heavy atom. The van der Waals surface area contributed by atoms with Crippen LogP contribution in [0.3, 0.4) is 0 Å². The third-order valence-electron chi connectivity index (χ3n) is 7.02. The average Bonchev–Trinajstić information content (AvgIpc) is 3.80. The van der Waals surface area contributed by atoms with Gasteiger partial charge >= 0.3 is 0 Å². The van der Waals surface area contributed by atoms with Crippen molar-refractivity contribution in [3.8, 4) is 17.1 Å². The van der Waals surface area contributed by atoms with Crippen LogP contribution in [0.2, 0.25) is 0 Å². The van der Waals surface area contributed by atoms with E-state index in [-0.39, 0.29) is 23.6 Å². The smallest absolute Gasteiger partial charge is 0.238 e. The highest BCUT2D eigenvalue weighted by Crippen LogP contribution is 2.63. The van der Waals surface area contributed by atoms with Crippen molar-refractivity contribution in [2.24, 2.45) is 11.8 Å². The molecule has 0 bridgehead atoms. The van der Waals surface area contributed by atoms with Crippen LogP contribution in [-0.4, -0.2) is 64.3 Å². The number of carbonyl (C=O) groups excluding carboxylic acids is 1. The molecule has 3 aromatic heterocycles. The molecule has 2 saturated carbocycles. The first-order valence-corrected chi connectivity index (χ1v) is 13.6. The van der Waals surface area contributed by atoms with Gasteiger partial charge in [0.1, 0.15) is 23.4 Å². The summed E-state index contributed by atoms with van der Waals surface area (Å²) in [5.41, 5.74) is 0.843. The van der Waals surface area contributed by atoms with Gasteiger partial charge in [-0.05, 0) is 31.9 Å². The van der Waals surface area contributed by atoms with Crippen LogP contribution in [0.15, 0.2) is 43.1 Å². The number of hydrogen-bond acceptors (Lipinski definition) is 10. The Hall–Kier alpha value is -3.71. The Morgan fingerprint density at radius 3 is 2.62 bits per heavy atom. The largest absolute Gasteiger partial charge is 0.477 e. The number of nitrogens with zero attached hydrogens (tertiary/aromatic N) is 5. The number of fused-ring (bicyclic) bond motifs is 1. The Kier molecular flexibility index (Phi) is 5.75. The summed E-state index contributed by atoms with van der Waals surface area (Å²) in [4.78, 5) is 35.1. The lowest BCUT2D eigenvalue weighted by Crippen LogP contribution is -2.35. The molecule has 0 radical (unpaired) electrons. The second-order valence-corrected chi connectivity index (χ2v) is 11.3. The lowest BCUT2D eigenvalue weighted by molar-refractivity contribution is -0.120. The number of ether oxygens (including phenoxy) is 2. The molecule has 6 rings (SSSR count). The molecule has 3 atom stereocenters. The van der Waals surface area contributed by atoms with Crippen LogP contribution >= 0.6 is 0 Å². The molecular formula is C24H25N7O5S. The van der Waals surface area contributed by atoms with Gasteiger partial charge in [-0.25, -0.2) is 28.4 Å². The fourth-order valence-corrected chi connectivity index (χ4v) is 6.31. The van der Waals surface area contributed by atoms with Gasteiger partial charge in [-0.1, -0.05) is 0 Å². The molecule has 37 heavy (non-hydrogen) atoms. The molecule has 2 aliphatic carbocycles. The first-order chi connectivity index (χ1) is 17.9. The normalized spacial score (nSPS) is 24.2. The van der Waals surface area contributed by atoms with E-state index in [1.807, 2.05) is 6.92 Å². The third kappa shape index (κ3) is 4.27. The molecule has 1 unspecified atom stereocenters. The average molecular weight is 524 g/mol. The van der Waals surface area contributed by atoms with Gasteiger partial charge in [0.05, 0.1) is 48.9 Å². The van der Waals surface area contributed by atoms with Crippen molar-refractivity contribution in [1.29, 1.82) is 0 Å². The van der Waals surface area contributed by atoms with E-state index >= 15 is 0 Å². The molecule has 1 amide bonds. The van der Waals surface area contributed by atoms with Crippen LogP contribution in [-0.2, 0) is 25.0 Å². The van der Waals surface area contributed by atoms with E-state index < -0.39 is 20.7 Å². The number of sulfonamides is 1. The Morgan fingerprint density at radius 1 is 1.11 bits per heavy atom. The van der Waals surface area contributed by atoms with Gasteiger partial charge in [0.25, 0.3) is 0 Å². The number of anilines is 2. The zero-order chi connectivity index (χ0) is 25.6. The van der Waals surface area contributed by atoms with E-state index in [0.29, 0.717) is 55.7 Å². The molecule has 4 heterocycles. The summed E-state index contributed by atoms with van der Waals surface area (Å²) in [5, 5.41) is 2.52. The summed E-state index contributed by atoms with van der Waals surface area (Å²) in [7, 11) is -3.50. The second-order valence-electron chi connectivity index (χ2n) is 9.32. The maximum absolute atomic E-state index is 13.7. The second kappa shape index (κ2) is 8.99. The first kappa shape index (κ1) is 23.7. The molecule has 1 aliphatic heterocycles. The zero-order valence-electron chi connectivity index (χ0n) is 20.0. The maximum Gasteiger partial charge on any atom is 0.238 e. The predicted molar refractivity (Wildman–Crippen MR) is 132 cm³/mol. The van der Waals surface area contributed by atoms with E-state index in [1.165, 1.54) is 6.33 Å². The monoisotopic (exact) mass is 523 g/mol.